The summed E-state index contributed by atoms with van der Waals surface area (Å²) in [6.45, 7) is 6.51. The minimum atomic E-state index is -0.770. The standard InChI is InChI=1S/C18H25BrO5/c1-5-10-20-14-17(4,19)13-7-6-11(2)12-8-9-16(3)22-15(21-14)18(12,13)24-23-16/h1,11-15H,6-10H2,2-4H3/t11-,12+,13+,14-,15-,16-,17?,18-/m1/s1. The van der Waals surface area contributed by atoms with Gasteiger partial charge in [0.2, 0.25) is 5.79 Å². The fourth-order valence-corrected chi connectivity index (χ4v) is 6.00. The molecule has 5 aliphatic rings. The third-order valence-corrected chi connectivity index (χ3v) is 7.35. The van der Waals surface area contributed by atoms with Crippen molar-refractivity contribution in [3.63, 3.8) is 0 Å². The number of alkyl halides is 1. The van der Waals surface area contributed by atoms with Crippen LogP contribution < -0.4 is 0 Å². The van der Waals surface area contributed by atoms with Crippen molar-refractivity contribution in [1.29, 1.82) is 0 Å². The summed E-state index contributed by atoms with van der Waals surface area (Å²) in [5, 5.41) is 0. The fourth-order valence-electron chi connectivity index (χ4n) is 5.18. The van der Waals surface area contributed by atoms with Gasteiger partial charge in [-0.15, -0.1) is 6.42 Å². The molecule has 5 nitrogen and oxygen atoms in total. The second-order valence-corrected chi connectivity index (χ2v) is 9.70. The van der Waals surface area contributed by atoms with Gasteiger partial charge in [0.05, 0.1) is 4.32 Å². The molecule has 24 heavy (non-hydrogen) atoms. The predicted molar refractivity (Wildman–Crippen MR) is 89.8 cm³/mol. The first-order valence-corrected chi connectivity index (χ1v) is 9.57. The molecule has 6 heteroatoms. The highest BCUT2D eigenvalue weighted by molar-refractivity contribution is 9.10. The van der Waals surface area contributed by atoms with Gasteiger partial charge in [0.1, 0.15) is 6.61 Å². The Bertz CT molecular complexity index is 560. The third kappa shape index (κ3) is 2.26. The summed E-state index contributed by atoms with van der Waals surface area (Å²) in [6.07, 6.45) is 8.32. The average Bonchev–Trinajstić information content (AvgIpc) is 2.75. The van der Waals surface area contributed by atoms with Gasteiger partial charge in [-0.25, -0.2) is 9.78 Å². The molecule has 0 aromatic heterocycles. The van der Waals surface area contributed by atoms with Gasteiger partial charge in [0.25, 0.3) is 0 Å². The Morgan fingerprint density at radius 3 is 2.79 bits per heavy atom. The molecule has 2 bridgehead atoms. The van der Waals surface area contributed by atoms with Crippen LogP contribution in [0.5, 0.6) is 0 Å². The highest BCUT2D eigenvalue weighted by atomic mass is 79.9. The summed E-state index contributed by atoms with van der Waals surface area (Å²) in [4.78, 5) is 11.9. The molecule has 1 aliphatic carbocycles. The van der Waals surface area contributed by atoms with Gasteiger partial charge in [-0.2, -0.15) is 0 Å². The largest absolute Gasteiger partial charge is 0.338 e. The summed E-state index contributed by atoms with van der Waals surface area (Å²) < 4.78 is 17.9. The molecule has 134 valence electrons. The topological polar surface area (TPSA) is 46.2 Å². The molecule has 1 saturated carbocycles. The van der Waals surface area contributed by atoms with Crippen LogP contribution in [0.25, 0.3) is 0 Å². The van der Waals surface area contributed by atoms with Crippen molar-refractivity contribution < 1.29 is 24.0 Å². The first kappa shape index (κ1) is 17.3. The zero-order valence-corrected chi connectivity index (χ0v) is 16.0. The van der Waals surface area contributed by atoms with E-state index in [0.717, 1.165) is 25.7 Å². The number of hydrogen-bond donors (Lipinski definition) is 0. The zero-order chi connectivity index (χ0) is 17.2. The predicted octanol–water partition coefficient (Wildman–Crippen LogP) is 3.36. The van der Waals surface area contributed by atoms with Crippen molar-refractivity contribution in [3.8, 4) is 12.3 Å². The number of hydrogen-bond acceptors (Lipinski definition) is 5. The highest BCUT2D eigenvalue weighted by Gasteiger charge is 2.72. The SMILES string of the molecule is C#CCO[C@@H]1O[C@@H]2O[C@@]3(C)CC[C@H]4[C@H](C)CC[C@@H](C1(C)Br)[C@@]24OO3. The van der Waals surface area contributed by atoms with Crippen LogP contribution in [-0.4, -0.2) is 34.9 Å². The quantitative estimate of drug-likeness (QED) is 0.404. The maximum absolute atomic E-state index is 6.27. The molecule has 5 fully saturated rings. The van der Waals surface area contributed by atoms with E-state index in [0.29, 0.717) is 11.8 Å². The van der Waals surface area contributed by atoms with Crippen molar-refractivity contribution in [2.24, 2.45) is 17.8 Å². The Morgan fingerprint density at radius 1 is 1.25 bits per heavy atom. The van der Waals surface area contributed by atoms with E-state index in [1.807, 2.05) is 6.92 Å². The van der Waals surface area contributed by atoms with Crippen LogP contribution in [0.4, 0.5) is 0 Å². The molecular formula is C18H25BrO5. The van der Waals surface area contributed by atoms with Gasteiger partial charge >= 0.3 is 0 Å². The van der Waals surface area contributed by atoms with Crippen LogP contribution in [0.15, 0.2) is 0 Å². The van der Waals surface area contributed by atoms with Crippen LogP contribution >= 0.6 is 15.9 Å². The molecule has 0 amide bonds. The van der Waals surface area contributed by atoms with Crippen LogP contribution in [0.3, 0.4) is 0 Å². The molecule has 4 aliphatic heterocycles. The van der Waals surface area contributed by atoms with Crippen molar-refractivity contribution in [2.45, 2.75) is 74.7 Å². The van der Waals surface area contributed by atoms with Crippen molar-refractivity contribution in [3.05, 3.63) is 0 Å². The smallest absolute Gasteiger partial charge is 0.201 e. The van der Waals surface area contributed by atoms with Gasteiger partial charge in [-0.1, -0.05) is 28.8 Å². The Labute approximate surface area is 151 Å². The van der Waals surface area contributed by atoms with Crippen LogP contribution in [0.2, 0.25) is 0 Å². The molecule has 0 N–H and O–H groups in total. The number of terminal acetylenes is 1. The van der Waals surface area contributed by atoms with Gasteiger partial charge in [0.15, 0.2) is 18.2 Å². The van der Waals surface area contributed by atoms with E-state index in [9.17, 15) is 0 Å². The minimum Gasteiger partial charge on any atom is -0.338 e. The van der Waals surface area contributed by atoms with Crippen LogP contribution in [0.1, 0.15) is 46.5 Å². The lowest BCUT2D eigenvalue weighted by Gasteiger charge is -2.62. The minimum absolute atomic E-state index is 0.148. The van der Waals surface area contributed by atoms with Crippen LogP contribution in [-0.2, 0) is 24.0 Å². The third-order valence-electron chi connectivity index (χ3n) is 6.43. The van der Waals surface area contributed by atoms with Gasteiger partial charge in [-0.05, 0) is 44.9 Å². The average molecular weight is 401 g/mol. The first-order chi connectivity index (χ1) is 11.3. The summed E-state index contributed by atoms with van der Waals surface area (Å²) in [6, 6.07) is 0. The zero-order valence-electron chi connectivity index (χ0n) is 14.4. The van der Waals surface area contributed by atoms with Gasteiger partial charge in [0, 0.05) is 12.3 Å². The molecule has 0 aromatic carbocycles. The van der Waals surface area contributed by atoms with E-state index < -0.39 is 28.3 Å². The number of rotatable bonds is 2. The fraction of sp³-hybridized carbons (Fsp3) is 0.889. The van der Waals surface area contributed by atoms with Crippen LogP contribution in [0, 0.1) is 30.1 Å². The lowest BCUT2D eigenvalue weighted by molar-refractivity contribution is -0.575. The molecule has 8 atom stereocenters. The van der Waals surface area contributed by atoms with E-state index in [-0.39, 0.29) is 12.5 Å². The lowest BCUT2D eigenvalue weighted by Crippen LogP contribution is -2.74. The molecule has 4 heterocycles. The Hall–Kier alpha value is -0.160. The summed E-state index contributed by atoms with van der Waals surface area (Å²) >= 11 is 3.88. The van der Waals surface area contributed by atoms with Crippen molar-refractivity contribution >= 4 is 15.9 Å². The Kier molecular flexibility index (Phi) is 4.08. The molecule has 1 spiro atoms. The maximum atomic E-state index is 6.27. The molecule has 1 unspecified atom stereocenters. The Balaban J connectivity index is 1.77. The molecule has 5 rings (SSSR count). The van der Waals surface area contributed by atoms with E-state index in [1.54, 1.807) is 0 Å². The normalized spacial score (nSPS) is 56.2. The lowest BCUT2D eigenvalue weighted by atomic mass is 9.58. The van der Waals surface area contributed by atoms with Gasteiger partial charge in [-0.3, -0.25) is 0 Å². The second-order valence-electron chi connectivity index (χ2n) is 7.99. The maximum Gasteiger partial charge on any atom is 0.201 e. The van der Waals surface area contributed by atoms with E-state index in [4.69, 9.17) is 30.4 Å². The second kappa shape index (κ2) is 5.67. The molecule has 0 radical (unpaired) electrons. The summed E-state index contributed by atoms with van der Waals surface area (Å²) in [5.41, 5.74) is -0.609. The Morgan fingerprint density at radius 2 is 2.04 bits per heavy atom. The number of fused-ring (bicyclic) bond motifs is 2. The van der Waals surface area contributed by atoms with E-state index >= 15 is 0 Å². The molecule has 0 aromatic rings. The molecule has 4 saturated heterocycles. The number of ether oxygens (including phenoxy) is 3. The summed E-state index contributed by atoms with van der Waals surface area (Å²) in [7, 11) is 0. The van der Waals surface area contributed by atoms with Crippen molar-refractivity contribution in [1.82, 2.24) is 0 Å². The highest BCUT2D eigenvalue weighted by Crippen LogP contribution is 2.63. The van der Waals surface area contributed by atoms with Crippen molar-refractivity contribution in [2.75, 3.05) is 6.61 Å². The van der Waals surface area contributed by atoms with E-state index in [2.05, 4.69) is 35.7 Å². The first-order valence-electron chi connectivity index (χ1n) is 8.77. The number of halogens is 1. The summed E-state index contributed by atoms with van der Waals surface area (Å²) in [5.74, 6) is 2.76. The molecular weight excluding hydrogens is 376 g/mol. The monoisotopic (exact) mass is 400 g/mol. The van der Waals surface area contributed by atoms with E-state index in [1.165, 1.54) is 0 Å². The van der Waals surface area contributed by atoms with Gasteiger partial charge < -0.3 is 14.2 Å².